The molecule has 2 aromatic carbocycles. The Bertz CT molecular complexity index is 821. The van der Waals surface area contributed by atoms with Crippen LogP contribution < -0.4 is 0 Å². The van der Waals surface area contributed by atoms with Gasteiger partial charge in [-0.3, -0.25) is 0 Å². The summed E-state index contributed by atoms with van der Waals surface area (Å²) in [5.74, 6) is 1.04. The maximum Gasteiger partial charge on any atom is 0.145 e. The molecule has 1 aromatic heterocycles. The fourth-order valence-corrected chi connectivity index (χ4v) is 2.96. The van der Waals surface area contributed by atoms with Gasteiger partial charge in [-0.15, -0.1) is 0 Å². The molecule has 3 nitrogen and oxygen atoms in total. The van der Waals surface area contributed by atoms with Gasteiger partial charge in [0.05, 0.1) is 16.6 Å². The largest absolute Gasteiger partial charge is 0.507 e. The summed E-state index contributed by atoms with van der Waals surface area (Å²) in [4.78, 5) is 4.74. The van der Waals surface area contributed by atoms with Gasteiger partial charge in [0.25, 0.3) is 0 Å². The number of aromatic nitrogens is 2. The van der Waals surface area contributed by atoms with E-state index in [0.29, 0.717) is 0 Å². The van der Waals surface area contributed by atoms with Crippen LogP contribution in [-0.4, -0.2) is 14.7 Å². The molecule has 0 saturated heterocycles. The summed E-state index contributed by atoms with van der Waals surface area (Å²) in [5, 5.41) is 10.2. The second-order valence-electron chi connectivity index (χ2n) is 5.55. The molecule has 3 rings (SSSR count). The lowest BCUT2D eigenvalue weighted by Crippen LogP contribution is -2.03. The van der Waals surface area contributed by atoms with Gasteiger partial charge in [0.2, 0.25) is 0 Å². The second kappa shape index (κ2) is 5.19. The lowest BCUT2D eigenvalue weighted by molar-refractivity contribution is 0.475. The Morgan fingerprint density at radius 3 is 2.57 bits per heavy atom. The number of imidazole rings is 1. The molecule has 4 heteroatoms. The number of hydrogen-bond donors (Lipinski definition) is 1. The molecule has 0 aliphatic carbocycles. The predicted octanol–water partition coefficient (Wildman–Crippen LogP) is 5.06. The summed E-state index contributed by atoms with van der Waals surface area (Å²) in [7, 11) is 0. The van der Waals surface area contributed by atoms with E-state index in [2.05, 4.69) is 59.5 Å². The van der Waals surface area contributed by atoms with Crippen LogP contribution in [-0.2, 0) is 0 Å². The van der Waals surface area contributed by atoms with E-state index >= 15 is 0 Å². The summed E-state index contributed by atoms with van der Waals surface area (Å²) in [6.45, 7) is 6.31. The molecule has 0 fully saturated rings. The van der Waals surface area contributed by atoms with Crippen LogP contribution in [0.2, 0.25) is 0 Å². The van der Waals surface area contributed by atoms with E-state index < -0.39 is 0 Å². The van der Waals surface area contributed by atoms with Crippen molar-refractivity contribution in [2.24, 2.45) is 0 Å². The number of aromatic hydroxyl groups is 1. The Kier molecular flexibility index (Phi) is 3.49. The second-order valence-corrected chi connectivity index (χ2v) is 6.47. The Labute approximate surface area is 132 Å². The molecular weight excluding hydrogens is 328 g/mol. The van der Waals surface area contributed by atoms with Crippen molar-refractivity contribution in [1.82, 2.24) is 9.55 Å². The molecule has 21 heavy (non-hydrogen) atoms. The van der Waals surface area contributed by atoms with Crippen molar-refractivity contribution in [1.29, 1.82) is 0 Å². The summed E-state index contributed by atoms with van der Waals surface area (Å²) < 4.78 is 3.02. The van der Waals surface area contributed by atoms with Gasteiger partial charge >= 0.3 is 0 Å². The van der Waals surface area contributed by atoms with Crippen LogP contribution in [0.5, 0.6) is 5.75 Å². The van der Waals surface area contributed by atoms with E-state index in [4.69, 9.17) is 4.98 Å². The standard InChI is InChI=1S/C17H17BrN2O/c1-10(2)20-15-7-4-11(3)8-14(15)19-17(20)13-6-5-12(18)9-16(13)21/h4-10,21H,1-3H3. The number of rotatable bonds is 2. The molecule has 0 amide bonds. The van der Waals surface area contributed by atoms with E-state index in [1.165, 1.54) is 5.56 Å². The van der Waals surface area contributed by atoms with Gasteiger partial charge < -0.3 is 9.67 Å². The first-order valence-electron chi connectivity index (χ1n) is 6.95. The van der Waals surface area contributed by atoms with Crippen LogP contribution in [0.1, 0.15) is 25.5 Å². The van der Waals surface area contributed by atoms with E-state index in [0.717, 1.165) is 26.9 Å². The number of halogens is 1. The van der Waals surface area contributed by atoms with E-state index in [9.17, 15) is 5.11 Å². The van der Waals surface area contributed by atoms with Crippen molar-refractivity contribution in [3.63, 3.8) is 0 Å². The van der Waals surface area contributed by atoms with Crippen molar-refractivity contribution in [3.8, 4) is 17.1 Å². The maximum atomic E-state index is 10.2. The average molecular weight is 345 g/mol. The molecule has 0 aliphatic rings. The number of nitrogens with zero attached hydrogens (tertiary/aromatic N) is 2. The normalized spacial score (nSPS) is 11.5. The summed E-state index contributed by atoms with van der Waals surface area (Å²) in [6.07, 6.45) is 0. The summed E-state index contributed by atoms with van der Waals surface area (Å²) in [5.41, 5.74) is 3.98. The molecule has 0 bridgehead atoms. The number of phenolic OH excluding ortho intramolecular Hbond substituents is 1. The third kappa shape index (κ3) is 2.44. The molecule has 1 N–H and O–H groups in total. The van der Waals surface area contributed by atoms with Crippen molar-refractivity contribution < 1.29 is 5.11 Å². The minimum Gasteiger partial charge on any atom is -0.507 e. The molecule has 0 atom stereocenters. The Hall–Kier alpha value is -1.81. The third-order valence-electron chi connectivity index (χ3n) is 3.56. The van der Waals surface area contributed by atoms with E-state index in [1.807, 2.05) is 12.1 Å². The van der Waals surface area contributed by atoms with Crippen LogP contribution in [0, 0.1) is 6.92 Å². The molecule has 0 spiro atoms. The zero-order chi connectivity index (χ0) is 15.1. The van der Waals surface area contributed by atoms with Crippen LogP contribution in [0.15, 0.2) is 40.9 Å². The number of benzene rings is 2. The highest BCUT2D eigenvalue weighted by molar-refractivity contribution is 9.10. The first kappa shape index (κ1) is 14.1. The van der Waals surface area contributed by atoms with E-state index in [-0.39, 0.29) is 11.8 Å². The quantitative estimate of drug-likeness (QED) is 0.705. The highest BCUT2D eigenvalue weighted by Gasteiger charge is 2.17. The van der Waals surface area contributed by atoms with Crippen molar-refractivity contribution in [2.45, 2.75) is 26.8 Å². The number of phenols is 1. The van der Waals surface area contributed by atoms with Gasteiger partial charge in [-0.25, -0.2) is 4.98 Å². The Balaban J connectivity index is 2.33. The van der Waals surface area contributed by atoms with Gasteiger partial charge in [-0.1, -0.05) is 22.0 Å². The summed E-state index contributed by atoms with van der Waals surface area (Å²) >= 11 is 3.37. The minimum atomic E-state index is 0.235. The third-order valence-corrected chi connectivity index (χ3v) is 4.06. The molecule has 3 aromatic rings. The highest BCUT2D eigenvalue weighted by Crippen LogP contribution is 2.35. The molecule has 108 valence electrons. The van der Waals surface area contributed by atoms with Crippen LogP contribution >= 0.6 is 15.9 Å². The lowest BCUT2D eigenvalue weighted by atomic mass is 10.2. The first-order chi connectivity index (χ1) is 9.97. The topological polar surface area (TPSA) is 38.1 Å². The molecule has 0 saturated carbocycles. The van der Waals surface area contributed by atoms with Crippen LogP contribution in [0.4, 0.5) is 0 Å². The van der Waals surface area contributed by atoms with Gasteiger partial charge in [0.1, 0.15) is 11.6 Å². The lowest BCUT2D eigenvalue weighted by Gasteiger charge is -2.14. The molecule has 1 heterocycles. The fourth-order valence-electron chi connectivity index (χ4n) is 2.62. The van der Waals surface area contributed by atoms with Gasteiger partial charge in [0.15, 0.2) is 0 Å². The number of aryl methyl sites for hydroxylation is 1. The number of fused-ring (bicyclic) bond motifs is 1. The smallest absolute Gasteiger partial charge is 0.145 e. The van der Waals surface area contributed by atoms with Gasteiger partial charge in [0, 0.05) is 10.5 Å². The Morgan fingerprint density at radius 1 is 1.14 bits per heavy atom. The van der Waals surface area contributed by atoms with Gasteiger partial charge in [-0.2, -0.15) is 0 Å². The monoisotopic (exact) mass is 344 g/mol. The van der Waals surface area contributed by atoms with Crippen molar-refractivity contribution in [2.75, 3.05) is 0 Å². The molecule has 0 radical (unpaired) electrons. The zero-order valence-corrected chi connectivity index (χ0v) is 13.8. The van der Waals surface area contributed by atoms with Crippen molar-refractivity contribution in [3.05, 3.63) is 46.4 Å². The maximum absolute atomic E-state index is 10.2. The zero-order valence-electron chi connectivity index (χ0n) is 12.3. The minimum absolute atomic E-state index is 0.235. The van der Waals surface area contributed by atoms with E-state index in [1.54, 1.807) is 6.07 Å². The van der Waals surface area contributed by atoms with Crippen LogP contribution in [0.3, 0.4) is 0 Å². The highest BCUT2D eigenvalue weighted by atomic mass is 79.9. The fraction of sp³-hybridized carbons (Fsp3) is 0.235. The molecule has 0 aliphatic heterocycles. The average Bonchev–Trinajstić information content (AvgIpc) is 2.76. The molecule has 0 unspecified atom stereocenters. The predicted molar refractivity (Wildman–Crippen MR) is 89.7 cm³/mol. The first-order valence-corrected chi connectivity index (χ1v) is 7.74. The molecular formula is C17H17BrN2O. The van der Waals surface area contributed by atoms with Crippen molar-refractivity contribution >= 4 is 27.0 Å². The van der Waals surface area contributed by atoms with Crippen LogP contribution in [0.25, 0.3) is 22.4 Å². The SMILES string of the molecule is Cc1ccc2c(c1)nc(-c1ccc(Br)cc1O)n2C(C)C. The summed E-state index contributed by atoms with van der Waals surface area (Å²) in [6, 6.07) is 12.0. The number of hydrogen-bond acceptors (Lipinski definition) is 2. The van der Waals surface area contributed by atoms with Gasteiger partial charge in [-0.05, 0) is 56.7 Å². The Morgan fingerprint density at radius 2 is 1.90 bits per heavy atom.